The summed E-state index contributed by atoms with van der Waals surface area (Å²) in [7, 11) is -3.73. The minimum absolute atomic E-state index is 0.0535. The number of nitrogens with zero attached hydrogens (tertiary/aromatic N) is 1. The summed E-state index contributed by atoms with van der Waals surface area (Å²) in [6, 6.07) is 3.65. The summed E-state index contributed by atoms with van der Waals surface area (Å²) in [5, 5.41) is 8.83. The second-order valence-corrected chi connectivity index (χ2v) is 6.59. The summed E-state index contributed by atoms with van der Waals surface area (Å²) in [6.45, 7) is 5.21. The topological polar surface area (TPSA) is 57.6 Å². The molecule has 0 radical (unpaired) electrons. The van der Waals surface area contributed by atoms with Crippen LogP contribution in [0, 0.1) is 12.7 Å². The first-order valence-electron chi connectivity index (χ1n) is 6.19. The minimum Gasteiger partial charge on any atom is -0.396 e. The van der Waals surface area contributed by atoms with E-state index in [2.05, 4.69) is 0 Å². The zero-order valence-corrected chi connectivity index (χ0v) is 12.2. The molecule has 0 aliphatic rings. The van der Waals surface area contributed by atoms with Crippen molar-refractivity contribution in [3.63, 3.8) is 0 Å². The Morgan fingerprint density at radius 3 is 2.47 bits per heavy atom. The average molecular weight is 289 g/mol. The molecule has 1 N–H and O–H groups in total. The number of aliphatic hydroxyl groups excluding tert-OH is 1. The fourth-order valence-electron chi connectivity index (χ4n) is 1.75. The van der Waals surface area contributed by atoms with E-state index >= 15 is 0 Å². The van der Waals surface area contributed by atoms with E-state index in [1.807, 2.05) is 0 Å². The van der Waals surface area contributed by atoms with E-state index in [1.54, 1.807) is 20.8 Å². The molecule has 0 atom stereocenters. The van der Waals surface area contributed by atoms with E-state index in [9.17, 15) is 12.8 Å². The molecule has 0 amide bonds. The quantitative estimate of drug-likeness (QED) is 0.870. The fraction of sp³-hybridized carbons (Fsp3) is 0.538. The van der Waals surface area contributed by atoms with Crippen LogP contribution in [0.25, 0.3) is 0 Å². The number of rotatable bonds is 6. The lowest BCUT2D eigenvalue weighted by Gasteiger charge is -2.25. The number of halogens is 1. The van der Waals surface area contributed by atoms with Crippen molar-refractivity contribution in [1.29, 1.82) is 0 Å². The van der Waals surface area contributed by atoms with Gasteiger partial charge in [0.2, 0.25) is 10.0 Å². The zero-order valence-electron chi connectivity index (χ0n) is 11.4. The van der Waals surface area contributed by atoms with Gasteiger partial charge in [-0.3, -0.25) is 0 Å². The lowest BCUT2D eigenvalue weighted by molar-refractivity contribution is 0.258. The molecule has 0 aromatic heterocycles. The Labute approximate surface area is 113 Å². The molecule has 0 bridgehead atoms. The Kier molecular flexibility index (Phi) is 5.46. The molecule has 1 aromatic rings. The molecule has 0 saturated heterocycles. The van der Waals surface area contributed by atoms with Gasteiger partial charge in [-0.15, -0.1) is 0 Å². The number of aryl methyl sites for hydroxylation is 1. The van der Waals surface area contributed by atoms with Crippen LogP contribution in [-0.4, -0.2) is 37.0 Å². The number of benzene rings is 1. The van der Waals surface area contributed by atoms with Crippen LogP contribution in [0.5, 0.6) is 0 Å². The van der Waals surface area contributed by atoms with E-state index in [4.69, 9.17) is 5.11 Å². The van der Waals surface area contributed by atoms with Crippen molar-refractivity contribution in [1.82, 2.24) is 4.31 Å². The lowest BCUT2D eigenvalue weighted by Crippen LogP contribution is -2.38. The highest BCUT2D eigenvalue weighted by Crippen LogP contribution is 2.20. The number of sulfonamides is 1. The summed E-state index contributed by atoms with van der Waals surface area (Å²) in [4.78, 5) is -0.0535. The molecule has 0 spiro atoms. The Morgan fingerprint density at radius 1 is 1.37 bits per heavy atom. The van der Waals surface area contributed by atoms with Crippen LogP contribution in [-0.2, 0) is 10.0 Å². The monoisotopic (exact) mass is 289 g/mol. The van der Waals surface area contributed by atoms with Gasteiger partial charge in [-0.1, -0.05) is 6.07 Å². The molecule has 0 aliphatic heterocycles. The summed E-state index contributed by atoms with van der Waals surface area (Å²) in [6.07, 6.45) is 0.353. The zero-order chi connectivity index (χ0) is 14.6. The number of aliphatic hydroxyl groups is 1. The summed E-state index contributed by atoms with van der Waals surface area (Å²) in [5.74, 6) is -0.535. The first kappa shape index (κ1) is 16.1. The van der Waals surface area contributed by atoms with Crippen LogP contribution in [0.3, 0.4) is 0 Å². The molecule has 0 saturated carbocycles. The lowest BCUT2D eigenvalue weighted by atomic mass is 10.2. The maximum Gasteiger partial charge on any atom is 0.243 e. The van der Waals surface area contributed by atoms with Crippen LogP contribution in [0.1, 0.15) is 25.8 Å². The molecule has 0 fully saturated rings. The Balaban J connectivity index is 3.15. The second kappa shape index (κ2) is 6.45. The molecule has 0 heterocycles. The van der Waals surface area contributed by atoms with Gasteiger partial charge in [-0.05, 0) is 44.9 Å². The van der Waals surface area contributed by atoms with Crippen molar-refractivity contribution < 1.29 is 17.9 Å². The third kappa shape index (κ3) is 3.75. The highest BCUT2D eigenvalue weighted by Gasteiger charge is 2.27. The summed E-state index contributed by atoms with van der Waals surface area (Å²) in [5.41, 5.74) is 0.408. The number of hydrogen-bond acceptors (Lipinski definition) is 3. The van der Waals surface area contributed by atoms with Crippen LogP contribution in [0.2, 0.25) is 0 Å². The fourth-order valence-corrected chi connectivity index (χ4v) is 3.44. The van der Waals surface area contributed by atoms with Gasteiger partial charge < -0.3 is 5.11 Å². The minimum atomic E-state index is -3.73. The SMILES string of the molecule is Cc1ccc(S(=O)(=O)N(CCCO)C(C)C)cc1F. The molecule has 19 heavy (non-hydrogen) atoms. The van der Waals surface area contributed by atoms with Gasteiger partial charge in [0.05, 0.1) is 4.90 Å². The molecule has 1 aromatic carbocycles. The smallest absolute Gasteiger partial charge is 0.243 e. The highest BCUT2D eigenvalue weighted by molar-refractivity contribution is 7.89. The van der Waals surface area contributed by atoms with Crippen LogP contribution in [0.4, 0.5) is 4.39 Å². The third-order valence-electron chi connectivity index (χ3n) is 2.86. The molecule has 0 unspecified atom stereocenters. The summed E-state index contributed by atoms with van der Waals surface area (Å²) >= 11 is 0. The normalized spacial score (nSPS) is 12.4. The predicted molar refractivity (Wildman–Crippen MR) is 71.9 cm³/mol. The van der Waals surface area contributed by atoms with Crippen molar-refractivity contribution in [3.8, 4) is 0 Å². The van der Waals surface area contributed by atoms with Crippen molar-refractivity contribution >= 4 is 10.0 Å². The number of hydrogen-bond donors (Lipinski definition) is 1. The second-order valence-electron chi connectivity index (χ2n) is 4.70. The standard InChI is InChI=1S/C13H20FNO3S/c1-10(2)15(7-4-8-16)19(17,18)12-6-5-11(3)13(14)9-12/h5-6,9-10,16H,4,7-8H2,1-3H3. The Hall–Kier alpha value is -0.980. The maximum absolute atomic E-state index is 13.5. The van der Waals surface area contributed by atoms with Crippen molar-refractivity contribution in [3.05, 3.63) is 29.6 Å². The summed E-state index contributed by atoms with van der Waals surface area (Å²) < 4.78 is 39.6. The van der Waals surface area contributed by atoms with Crippen LogP contribution in [0.15, 0.2) is 23.1 Å². The van der Waals surface area contributed by atoms with Crippen molar-refractivity contribution in [2.24, 2.45) is 0 Å². The third-order valence-corrected chi connectivity index (χ3v) is 4.93. The molecule has 1 rings (SSSR count). The van der Waals surface area contributed by atoms with Gasteiger partial charge in [-0.2, -0.15) is 4.31 Å². The Bertz CT molecular complexity index is 529. The largest absolute Gasteiger partial charge is 0.396 e. The van der Waals surface area contributed by atoms with Crippen molar-refractivity contribution in [2.75, 3.05) is 13.2 Å². The average Bonchev–Trinajstić information content (AvgIpc) is 2.32. The molecule has 0 aliphatic carbocycles. The van der Waals surface area contributed by atoms with E-state index < -0.39 is 15.8 Å². The van der Waals surface area contributed by atoms with Gasteiger partial charge in [0.25, 0.3) is 0 Å². The van der Waals surface area contributed by atoms with Gasteiger partial charge in [0.1, 0.15) is 5.82 Å². The predicted octanol–water partition coefficient (Wildman–Crippen LogP) is 1.92. The van der Waals surface area contributed by atoms with E-state index in [1.165, 1.54) is 16.4 Å². The van der Waals surface area contributed by atoms with Crippen LogP contribution >= 0.6 is 0 Å². The van der Waals surface area contributed by atoms with Gasteiger partial charge in [-0.25, -0.2) is 12.8 Å². The van der Waals surface area contributed by atoms with Gasteiger partial charge in [0.15, 0.2) is 0 Å². The molecule has 6 heteroatoms. The molecular formula is C13H20FNO3S. The maximum atomic E-state index is 13.5. The first-order chi connectivity index (χ1) is 8.80. The highest BCUT2D eigenvalue weighted by atomic mass is 32.2. The van der Waals surface area contributed by atoms with Crippen molar-refractivity contribution in [2.45, 2.75) is 38.1 Å². The van der Waals surface area contributed by atoms with E-state index in [0.29, 0.717) is 12.0 Å². The Morgan fingerprint density at radius 2 is 2.00 bits per heavy atom. The molecule has 108 valence electrons. The van der Waals surface area contributed by atoms with Crippen LogP contribution < -0.4 is 0 Å². The van der Waals surface area contributed by atoms with Gasteiger partial charge >= 0.3 is 0 Å². The van der Waals surface area contributed by atoms with E-state index in [-0.39, 0.29) is 24.1 Å². The molecule has 4 nitrogen and oxygen atoms in total. The van der Waals surface area contributed by atoms with E-state index in [0.717, 1.165) is 6.07 Å². The molecular weight excluding hydrogens is 269 g/mol. The van der Waals surface area contributed by atoms with Gasteiger partial charge in [0, 0.05) is 19.2 Å². The first-order valence-corrected chi connectivity index (χ1v) is 7.63.